The summed E-state index contributed by atoms with van der Waals surface area (Å²) in [4.78, 5) is 3.66. The van der Waals surface area contributed by atoms with Crippen LogP contribution < -0.4 is 9.47 Å². The quantitative estimate of drug-likeness (QED) is 0.288. The van der Waals surface area contributed by atoms with Gasteiger partial charge >= 0.3 is 0 Å². The zero-order valence-electron chi connectivity index (χ0n) is 20.0. The van der Waals surface area contributed by atoms with Crippen LogP contribution in [0.1, 0.15) is 45.5 Å². The molecule has 0 saturated carbocycles. The minimum absolute atomic E-state index is 0.222. The molecule has 0 bridgehead atoms. The Morgan fingerprint density at radius 2 is 1.94 bits per heavy atom. The Balaban J connectivity index is 1.54. The fourth-order valence-electron chi connectivity index (χ4n) is 5.03. The number of thioether (sulfide) groups is 1. The lowest BCUT2D eigenvalue weighted by atomic mass is 9.75. The molecule has 5 rings (SSSR count). The minimum Gasteiger partial charge on any atom is -0.335 e. The summed E-state index contributed by atoms with van der Waals surface area (Å²) >= 11 is 13.7. The zero-order chi connectivity index (χ0) is 24.0. The average molecular weight is 573 g/mol. The van der Waals surface area contributed by atoms with Crippen LogP contribution >= 0.6 is 50.6 Å². The van der Waals surface area contributed by atoms with Gasteiger partial charge in [0.2, 0.25) is 5.52 Å². The van der Waals surface area contributed by atoms with Gasteiger partial charge in [0.1, 0.15) is 11.2 Å². The van der Waals surface area contributed by atoms with Crippen molar-refractivity contribution in [3.63, 3.8) is 0 Å². The number of benzene rings is 2. The summed E-state index contributed by atoms with van der Waals surface area (Å²) in [6.45, 7) is 11.1. The Morgan fingerprint density at radius 3 is 2.71 bits per heavy atom. The largest absolute Gasteiger partial charge is 0.335 e. The topological polar surface area (TPSA) is 7.12 Å². The van der Waals surface area contributed by atoms with E-state index >= 15 is 0 Å². The lowest BCUT2D eigenvalue weighted by Crippen LogP contribution is -2.33. The van der Waals surface area contributed by atoms with Crippen LogP contribution in [0.5, 0.6) is 0 Å². The molecule has 1 aliphatic carbocycles. The average Bonchev–Trinajstić information content (AvgIpc) is 3.28. The number of fused-ring (bicyclic) bond motifs is 2. The molecule has 2 heterocycles. The first-order valence-electron chi connectivity index (χ1n) is 11.8. The molecule has 0 spiro atoms. The molecule has 3 aromatic rings. The van der Waals surface area contributed by atoms with Crippen LogP contribution in [0.2, 0.25) is 5.02 Å². The summed E-state index contributed by atoms with van der Waals surface area (Å²) < 4.78 is 4.89. The molecule has 0 saturated heterocycles. The number of aryl methyl sites for hydroxylation is 1. The minimum atomic E-state index is 0.222. The number of thiazole rings is 1. The highest BCUT2D eigenvalue weighted by molar-refractivity contribution is 9.10. The highest BCUT2D eigenvalue weighted by Crippen LogP contribution is 2.48. The molecule has 0 fully saturated rings. The highest BCUT2D eigenvalue weighted by Gasteiger charge is 2.29. The third-order valence-electron chi connectivity index (χ3n) is 6.37. The standard InChI is InChI=1S/C28H29BrClN2S2/c1-5-31-22-14-20(29)7-9-24(22)33-26(31)12-18-11-19(17-28(3,4)16-18)13-27-32(6-2)23-15-21(30)8-10-25(23)34-27/h7-15H,5-6,16-17H2,1-4H3/q+1. The predicted octanol–water partition coefficient (Wildman–Crippen LogP) is 9.23. The summed E-state index contributed by atoms with van der Waals surface area (Å²) in [6, 6.07) is 12.8. The second-order valence-electron chi connectivity index (χ2n) is 9.69. The smallest absolute Gasteiger partial charge is 0.263 e. The highest BCUT2D eigenvalue weighted by atomic mass is 79.9. The number of anilines is 1. The van der Waals surface area contributed by atoms with Crippen LogP contribution in [0.15, 0.2) is 74.1 Å². The molecular weight excluding hydrogens is 544 g/mol. The number of allylic oxidation sites excluding steroid dienone is 4. The Kier molecular flexibility index (Phi) is 6.75. The summed E-state index contributed by atoms with van der Waals surface area (Å²) in [7, 11) is 0. The first-order valence-corrected chi connectivity index (χ1v) is 14.6. The molecule has 176 valence electrons. The maximum Gasteiger partial charge on any atom is 0.263 e. The van der Waals surface area contributed by atoms with Crippen molar-refractivity contribution >= 4 is 72.6 Å². The molecule has 2 nitrogen and oxygen atoms in total. The van der Waals surface area contributed by atoms with E-state index in [1.54, 1.807) is 0 Å². The summed E-state index contributed by atoms with van der Waals surface area (Å²) in [5, 5.41) is 3.40. The number of hydrogen-bond acceptors (Lipinski definition) is 3. The van der Waals surface area contributed by atoms with Crippen LogP contribution in [0.3, 0.4) is 0 Å². The van der Waals surface area contributed by atoms with Crippen molar-refractivity contribution < 1.29 is 4.57 Å². The van der Waals surface area contributed by atoms with Gasteiger partial charge in [-0.2, -0.15) is 4.57 Å². The van der Waals surface area contributed by atoms with Crippen LogP contribution in [0, 0.1) is 5.41 Å². The Bertz CT molecular complexity index is 1370. The molecule has 0 N–H and O–H groups in total. The second-order valence-corrected chi connectivity index (χ2v) is 13.2. The third-order valence-corrected chi connectivity index (χ3v) is 9.32. The monoisotopic (exact) mass is 571 g/mol. The molecule has 1 aromatic heterocycles. The van der Waals surface area contributed by atoms with Crippen molar-refractivity contribution in [3.8, 4) is 0 Å². The molecule has 1 aliphatic heterocycles. The fourth-order valence-corrected chi connectivity index (χ4v) is 7.91. The summed E-state index contributed by atoms with van der Waals surface area (Å²) in [5.41, 5.74) is 5.54. The van der Waals surface area contributed by atoms with Gasteiger partial charge in [-0.25, -0.2) is 0 Å². The van der Waals surface area contributed by atoms with Gasteiger partial charge in [0.25, 0.3) is 5.01 Å². The van der Waals surface area contributed by atoms with E-state index in [2.05, 4.69) is 102 Å². The molecule has 0 atom stereocenters. The first kappa shape index (κ1) is 24.2. The van der Waals surface area contributed by atoms with Gasteiger partial charge in [-0.1, -0.05) is 70.6 Å². The normalized spacial score (nSPS) is 19.8. The van der Waals surface area contributed by atoms with E-state index in [1.807, 2.05) is 29.2 Å². The van der Waals surface area contributed by atoms with Gasteiger partial charge < -0.3 is 4.90 Å². The molecule has 34 heavy (non-hydrogen) atoms. The molecule has 2 aliphatic rings. The van der Waals surface area contributed by atoms with Crippen molar-refractivity contribution in [2.75, 3.05) is 11.4 Å². The fraction of sp³-hybridized carbons (Fsp3) is 0.321. The van der Waals surface area contributed by atoms with Crippen molar-refractivity contribution in [1.82, 2.24) is 0 Å². The predicted molar refractivity (Wildman–Crippen MR) is 153 cm³/mol. The van der Waals surface area contributed by atoms with Crippen LogP contribution in [-0.4, -0.2) is 6.54 Å². The molecule has 0 unspecified atom stereocenters. The van der Waals surface area contributed by atoms with Gasteiger partial charge in [-0.3, -0.25) is 0 Å². The van der Waals surface area contributed by atoms with Gasteiger partial charge in [-0.15, -0.1) is 0 Å². The number of halogens is 2. The van der Waals surface area contributed by atoms with Gasteiger partial charge in [-0.05, 0) is 79.7 Å². The Hall–Kier alpha value is -1.53. The number of rotatable bonds is 4. The zero-order valence-corrected chi connectivity index (χ0v) is 24.0. The van der Waals surface area contributed by atoms with E-state index in [4.69, 9.17) is 11.6 Å². The summed E-state index contributed by atoms with van der Waals surface area (Å²) in [5.74, 6) is 0. The van der Waals surface area contributed by atoms with Crippen molar-refractivity contribution in [2.24, 2.45) is 5.41 Å². The molecule has 2 aromatic carbocycles. The SMILES string of the molecule is CCN1C(=CC2=CC(=Cc3sc4ccc(Br)cc4[n+]3CC)CC(C)(C)C2)Sc2ccc(Cl)cc21. The van der Waals surface area contributed by atoms with Crippen molar-refractivity contribution in [2.45, 2.75) is 52.0 Å². The molecule has 0 amide bonds. The van der Waals surface area contributed by atoms with Crippen LogP contribution in [-0.2, 0) is 6.54 Å². The summed E-state index contributed by atoms with van der Waals surface area (Å²) in [6.07, 6.45) is 9.39. The van der Waals surface area contributed by atoms with E-state index in [-0.39, 0.29) is 5.41 Å². The second kappa shape index (κ2) is 9.50. The van der Waals surface area contributed by atoms with Gasteiger partial charge in [0.15, 0.2) is 0 Å². The maximum atomic E-state index is 6.30. The van der Waals surface area contributed by atoms with Crippen LogP contribution in [0.25, 0.3) is 16.3 Å². The lowest BCUT2D eigenvalue weighted by molar-refractivity contribution is -0.665. The first-order chi connectivity index (χ1) is 16.3. The van der Waals surface area contributed by atoms with E-state index in [1.165, 1.54) is 42.0 Å². The van der Waals surface area contributed by atoms with Crippen molar-refractivity contribution in [3.05, 3.63) is 79.2 Å². The Morgan fingerprint density at radius 1 is 1.12 bits per heavy atom. The number of aromatic nitrogens is 1. The van der Waals surface area contributed by atoms with E-state index in [0.29, 0.717) is 0 Å². The Labute approximate surface area is 224 Å². The molecule has 6 heteroatoms. The van der Waals surface area contributed by atoms with E-state index in [9.17, 15) is 0 Å². The molecular formula is C28H29BrClN2S2+. The third kappa shape index (κ3) is 4.77. The number of nitrogens with zero attached hydrogens (tertiary/aromatic N) is 2. The number of hydrogen-bond donors (Lipinski definition) is 0. The van der Waals surface area contributed by atoms with Crippen molar-refractivity contribution in [1.29, 1.82) is 0 Å². The maximum absolute atomic E-state index is 6.30. The van der Waals surface area contributed by atoms with Crippen LogP contribution in [0.4, 0.5) is 5.69 Å². The van der Waals surface area contributed by atoms with Gasteiger partial charge in [0, 0.05) is 33.1 Å². The lowest BCUT2D eigenvalue weighted by Gasteiger charge is -2.31. The molecule has 0 radical (unpaired) electrons. The van der Waals surface area contributed by atoms with Gasteiger partial charge in [0.05, 0.1) is 10.7 Å². The van der Waals surface area contributed by atoms with E-state index < -0.39 is 0 Å². The van der Waals surface area contributed by atoms with E-state index in [0.717, 1.165) is 35.4 Å².